The molecule has 0 saturated heterocycles. The number of hydrogen-bond acceptors (Lipinski definition) is 6. The third-order valence-electron chi connectivity index (χ3n) is 5.97. The third-order valence-corrected chi connectivity index (χ3v) is 7.97. The van der Waals surface area contributed by atoms with E-state index in [1.54, 1.807) is 12.1 Å². The summed E-state index contributed by atoms with van der Waals surface area (Å²) < 4.78 is 40.9. The molecule has 8 nitrogen and oxygen atoms in total. The second-order valence-corrected chi connectivity index (χ2v) is 11.4. The number of aliphatic carboxylic acids is 1. The lowest BCUT2D eigenvalue weighted by molar-refractivity contribution is -0.139. The molecule has 190 valence electrons. The first-order chi connectivity index (χ1) is 17.1. The number of pyridine rings is 1. The molecule has 1 aromatic heterocycles. The minimum atomic E-state index is -3.90. The number of rotatable bonds is 9. The van der Waals surface area contributed by atoms with E-state index in [-0.39, 0.29) is 10.8 Å². The number of nitrogens with one attached hydrogen (secondary N) is 1. The van der Waals surface area contributed by atoms with Gasteiger partial charge in [-0.3, -0.25) is 0 Å². The second-order valence-electron chi connectivity index (χ2n) is 8.86. The van der Waals surface area contributed by atoms with Crippen molar-refractivity contribution in [2.24, 2.45) is 0 Å². The van der Waals surface area contributed by atoms with Gasteiger partial charge in [0.2, 0.25) is 15.9 Å². The van der Waals surface area contributed by atoms with E-state index >= 15 is 0 Å². The number of fused-ring (bicyclic) bond motifs is 1. The van der Waals surface area contributed by atoms with Gasteiger partial charge in [-0.1, -0.05) is 38.1 Å². The van der Waals surface area contributed by atoms with Gasteiger partial charge in [-0.2, -0.15) is 0 Å². The van der Waals surface area contributed by atoms with E-state index in [1.807, 2.05) is 30.3 Å². The molecule has 10 heteroatoms. The fraction of sp³-hybridized carbons (Fsp3) is 0.308. The molecule has 1 heterocycles. The molecule has 0 spiro atoms. The maximum Gasteiger partial charge on any atom is 0.341 e. The molecule has 1 atom stereocenters. The van der Waals surface area contributed by atoms with Gasteiger partial charge >= 0.3 is 5.97 Å². The summed E-state index contributed by atoms with van der Waals surface area (Å²) in [6.45, 7) is 3.77. The Morgan fingerprint density at radius 1 is 1.22 bits per heavy atom. The molecule has 0 radical (unpaired) electrons. The van der Waals surface area contributed by atoms with Gasteiger partial charge in [0.15, 0.2) is 6.61 Å². The average Bonchev–Trinajstić information content (AvgIpc) is 2.84. The lowest BCUT2D eigenvalue weighted by Crippen LogP contribution is -2.31. The van der Waals surface area contributed by atoms with Crippen molar-refractivity contribution in [1.29, 1.82) is 0 Å². The Bertz CT molecular complexity index is 1360. The van der Waals surface area contributed by atoms with Gasteiger partial charge in [0.1, 0.15) is 16.4 Å². The number of hydrogen-bond donors (Lipinski definition) is 2. The Morgan fingerprint density at radius 3 is 2.64 bits per heavy atom. The fourth-order valence-corrected chi connectivity index (χ4v) is 5.93. The number of benzene rings is 2. The highest BCUT2D eigenvalue weighted by Crippen LogP contribution is 2.37. The van der Waals surface area contributed by atoms with Crippen LogP contribution in [-0.2, 0) is 21.2 Å². The van der Waals surface area contributed by atoms with Crippen LogP contribution in [0.4, 0.5) is 0 Å². The number of ether oxygens (including phenoxy) is 2. The van der Waals surface area contributed by atoms with Gasteiger partial charge in [0.25, 0.3) is 0 Å². The highest BCUT2D eigenvalue weighted by Gasteiger charge is 2.28. The molecule has 3 aromatic rings. The van der Waals surface area contributed by atoms with Gasteiger partial charge in [0.05, 0.1) is 10.7 Å². The molecule has 1 aliphatic rings. The minimum Gasteiger partial charge on any atom is -0.482 e. The monoisotopic (exact) mass is 574 g/mol. The summed E-state index contributed by atoms with van der Waals surface area (Å²) in [6.07, 6.45) is 3.29. The Hall–Kier alpha value is -2.95. The van der Waals surface area contributed by atoms with E-state index in [9.17, 15) is 13.2 Å². The molecule has 2 aromatic carbocycles. The lowest BCUT2D eigenvalue weighted by atomic mass is 9.87. The summed E-state index contributed by atoms with van der Waals surface area (Å²) >= 11 is 3.38. The molecule has 0 aliphatic heterocycles. The molecular formula is C26H27BrN2O6S. The number of sulfonamides is 1. The smallest absolute Gasteiger partial charge is 0.341 e. The standard InChI is InChI=1S/C26H27BrN2O6S/c1-16(2)17-9-11-18(12-10-17)35-26-22(27)13-19(14-28-26)36(32,33)29-23-7-3-6-21-20(23)5-4-8-24(21)34-15-25(30)31/h4-5,8-14,16,23,29H,3,6-7,15H2,1-2H3,(H,30,31). The van der Waals surface area contributed by atoms with Crippen molar-refractivity contribution in [2.45, 2.75) is 50.0 Å². The molecule has 2 N–H and O–H groups in total. The number of nitrogens with zero attached hydrogens (tertiary/aromatic N) is 1. The molecule has 1 aliphatic carbocycles. The average molecular weight is 575 g/mol. The predicted molar refractivity (Wildman–Crippen MR) is 138 cm³/mol. The van der Waals surface area contributed by atoms with Crippen LogP contribution in [0.3, 0.4) is 0 Å². The molecule has 1 unspecified atom stereocenters. The van der Waals surface area contributed by atoms with Crippen LogP contribution >= 0.6 is 15.9 Å². The van der Waals surface area contributed by atoms with Crippen LogP contribution in [0.2, 0.25) is 0 Å². The molecule has 0 saturated carbocycles. The van der Waals surface area contributed by atoms with Crippen molar-refractivity contribution in [1.82, 2.24) is 9.71 Å². The van der Waals surface area contributed by atoms with Crippen LogP contribution < -0.4 is 14.2 Å². The van der Waals surface area contributed by atoms with Crippen LogP contribution in [0.25, 0.3) is 0 Å². The maximum absolute atomic E-state index is 13.2. The molecule has 0 amide bonds. The first kappa shape index (κ1) is 26.1. The Labute approximate surface area is 218 Å². The van der Waals surface area contributed by atoms with Crippen molar-refractivity contribution in [2.75, 3.05) is 6.61 Å². The zero-order valence-electron chi connectivity index (χ0n) is 19.9. The van der Waals surface area contributed by atoms with Crippen molar-refractivity contribution in [3.8, 4) is 17.4 Å². The maximum atomic E-state index is 13.2. The van der Waals surface area contributed by atoms with Gasteiger partial charge in [0, 0.05) is 6.04 Å². The normalized spacial score (nSPS) is 15.4. The summed E-state index contributed by atoms with van der Waals surface area (Å²) in [6, 6.07) is 13.9. The van der Waals surface area contributed by atoms with Gasteiger partial charge in [-0.05, 0) is 82.1 Å². The summed E-state index contributed by atoms with van der Waals surface area (Å²) in [5.41, 5.74) is 2.79. The van der Waals surface area contributed by atoms with E-state index in [2.05, 4.69) is 39.5 Å². The van der Waals surface area contributed by atoms with Crippen LogP contribution in [0.5, 0.6) is 17.4 Å². The van der Waals surface area contributed by atoms with Crippen LogP contribution in [-0.4, -0.2) is 31.1 Å². The predicted octanol–water partition coefficient (Wildman–Crippen LogP) is 5.58. The van der Waals surface area contributed by atoms with Crippen LogP contribution in [0, 0.1) is 0 Å². The fourth-order valence-electron chi connectivity index (χ4n) is 4.13. The number of carboxylic acid groups (broad SMARTS) is 1. The Kier molecular flexibility index (Phi) is 7.97. The summed E-state index contributed by atoms with van der Waals surface area (Å²) in [5.74, 6) is 0.654. The van der Waals surface area contributed by atoms with Crippen molar-refractivity contribution >= 4 is 31.9 Å². The van der Waals surface area contributed by atoms with Crippen LogP contribution in [0.1, 0.15) is 55.3 Å². The Balaban J connectivity index is 1.51. The number of carbonyl (C=O) groups is 1. The topological polar surface area (TPSA) is 115 Å². The molecule has 0 bridgehead atoms. The van der Waals surface area contributed by atoms with E-state index in [0.717, 1.165) is 17.5 Å². The number of carboxylic acids is 1. The van der Waals surface area contributed by atoms with Gasteiger partial charge in [-0.15, -0.1) is 0 Å². The summed E-state index contributed by atoms with van der Waals surface area (Å²) in [4.78, 5) is 15.1. The molecular weight excluding hydrogens is 548 g/mol. The number of aromatic nitrogens is 1. The quantitative estimate of drug-likeness (QED) is 0.342. The Morgan fingerprint density at radius 2 is 1.97 bits per heavy atom. The first-order valence-corrected chi connectivity index (χ1v) is 13.8. The highest BCUT2D eigenvalue weighted by atomic mass is 79.9. The van der Waals surface area contributed by atoms with E-state index in [0.29, 0.717) is 34.7 Å². The van der Waals surface area contributed by atoms with Crippen molar-refractivity contribution in [3.05, 3.63) is 75.9 Å². The summed E-state index contributed by atoms with van der Waals surface area (Å²) in [5, 5.41) is 8.93. The van der Waals surface area contributed by atoms with Gasteiger partial charge < -0.3 is 14.6 Å². The van der Waals surface area contributed by atoms with Gasteiger partial charge in [-0.25, -0.2) is 22.9 Å². The molecule has 4 rings (SSSR count). The zero-order chi connectivity index (χ0) is 25.9. The first-order valence-electron chi connectivity index (χ1n) is 11.6. The van der Waals surface area contributed by atoms with E-state index < -0.39 is 28.6 Å². The SMILES string of the molecule is CC(C)c1ccc(Oc2ncc(S(=O)(=O)NC3CCCc4c(OCC(=O)O)cccc43)cc2Br)cc1. The zero-order valence-corrected chi connectivity index (χ0v) is 22.3. The van der Waals surface area contributed by atoms with Crippen LogP contribution in [0.15, 0.2) is 64.1 Å². The summed E-state index contributed by atoms with van der Waals surface area (Å²) in [7, 11) is -3.90. The van der Waals surface area contributed by atoms with E-state index in [4.69, 9.17) is 14.6 Å². The largest absolute Gasteiger partial charge is 0.482 e. The van der Waals surface area contributed by atoms with Crippen molar-refractivity contribution < 1.29 is 27.8 Å². The second kappa shape index (κ2) is 11.0. The lowest BCUT2D eigenvalue weighted by Gasteiger charge is -2.27. The number of halogens is 1. The third kappa shape index (κ3) is 6.05. The molecule has 36 heavy (non-hydrogen) atoms. The highest BCUT2D eigenvalue weighted by molar-refractivity contribution is 9.10. The van der Waals surface area contributed by atoms with Crippen molar-refractivity contribution in [3.63, 3.8) is 0 Å². The molecule has 0 fully saturated rings. The minimum absolute atomic E-state index is 0.00212. The van der Waals surface area contributed by atoms with E-state index in [1.165, 1.54) is 17.8 Å².